The molecule has 0 spiro atoms. The number of ether oxygens (including phenoxy) is 1. The number of alkyl halides is 4. The average Bonchev–Trinajstić information content (AvgIpc) is 3.07. The number of halogens is 4. The van der Waals surface area contributed by atoms with Gasteiger partial charge < -0.3 is 19.4 Å². The van der Waals surface area contributed by atoms with Gasteiger partial charge >= 0.3 is 18.4 Å². The van der Waals surface area contributed by atoms with E-state index in [-0.39, 0.29) is 13.2 Å². The first kappa shape index (κ1) is 19.8. The van der Waals surface area contributed by atoms with Crippen LogP contribution in [0.4, 0.5) is 28.0 Å². The van der Waals surface area contributed by atoms with E-state index in [0.717, 1.165) is 0 Å². The van der Waals surface area contributed by atoms with E-state index in [4.69, 9.17) is 4.42 Å². The third kappa shape index (κ3) is 5.76. The lowest BCUT2D eigenvalue weighted by molar-refractivity contribution is -0.168. The molecule has 0 aliphatic carbocycles. The molecule has 0 bridgehead atoms. The Balaban J connectivity index is 1.87. The zero-order valence-electron chi connectivity index (χ0n) is 13.9. The summed E-state index contributed by atoms with van der Waals surface area (Å²) in [5, 5.41) is 2.64. The van der Waals surface area contributed by atoms with Crippen molar-refractivity contribution in [2.45, 2.75) is 25.5 Å². The predicted molar refractivity (Wildman–Crippen MR) is 86.2 cm³/mol. The van der Waals surface area contributed by atoms with Crippen LogP contribution >= 0.6 is 0 Å². The molecule has 1 aromatic carbocycles. The molecule has 2 aromatic rings. The topological polar surface area (TPSA) is 54.7 Å². The molecular weight excluding hydrogens is 356 g/mol. The molecule has 142 valence electrons. The molecule has 0 unspecified atom stereocenters. The maximum absolute atomic E-state index is 12.8. The van der Waals surface area contributed by atoms with Crippen molar-refractivity contribution in [1.29, 1.82) is 0 Å². The Hall–Kier alpha value is -2.55. The number of amides is 2. The number of hydrogen-bond donors (Lipinski definition) is 1. The van der Waals surface area contributed by atoms with Crippen LogP contribution in [0, 0.1) is 0 Å². The van der Waals surface area contributed by atoms with Crippen molar-refractivity contribution in [2.24, 2.45) is 0 Å². The maximum Gasteiger partial charge on any atom is 0.330 e. The van der Waals surface area contributed by atoms with Crippen LogP contribution in [0.5, 0.6) is 0 Å². The fourth-order valence-electron chi connectivity index (χ4n) is 2.03. The first-order valence-corrected chi connectivity index (χ1v) is 7.65. The van der Waals surface area contributed by atoms with E-state index in [1.165, 1.54) is 17.2 Å². The minimum atomic E-state index is -4.19. The Morgan fingerprint density at radius 3 is 2.73 bits per heavy atom. The van der Waals surface area contributed by atoms with Gasteiger partial charge in [-0.15, -0.1) is 0 Å². The van der Waals surface area contributed by atoms with Crippen molar-refractivity contribution in [3.8, 4) is 0 Å². The van der Waals surface area contributed by atoms with E-state index in [0.29, 0.717) is 17.0 Å². The van der Waals surface area contributed by atoms with Gasteiger partial charge in [0.05, 0.1) is 19.4 Å². The molecule has 0 atom stereocenters. The van der Waals surface area contributed by atoms with Crippen LogP contribution in [0.3, 0.4) is 0 Å². The fourth-order valence-corrected chi connectivity index (χ4v) is 2.03. The number of rotatable bonds is 8. The smallest absolute Gasteiger partial charge is 0.330 e. The van der Waals surface area contributed by atoms with Gasteiger partial charge in [0.1, 0.15) is 12.4 Å². The Labute approximate surface area is 147 Å². The minimum absolute atomic E-state index is 0.268. The van der Waals surface area contributed by atoms with Crippen LogP contribution in [0.1, 0.15) is 11.3 Å². The van der Waals surface area contributed by atoms with Crippen LogP contribution in [0.15, 0.2) is 47.1 Å². The summed E-state index contributed by atoms with van der Waals surface area (Å²) in [5.41, 5.74) is 0.879. The lowest BCUT2D eigenvalue weighted by atomic mass is 10.2. The SMILES string of the molecule is CN(Cc1ccco1)C(=O)Nc1cccc(COCC(F)(F)C(F)F)c1. The van der Waals surface area contributed by atoms with Gasteiger partial charge in [-0.25, -0.2) is 13.6 Å². The highest BCUT2D eigenvalue weighted by atomic mass is 19.3. The van der Waals surface area contributed by atoms with Crippen molar-refractivity contribution in [3.05, 3.63) is 54.0 Å². The number of carbonyl (C=O) groups is 1. The zero-order chi connectivity index (χ0) is 19.2. The number of benzene rings is 1. The van der Waals surface area contributed by atoms with Crippen LogP contribution in [-0.4, -0.2) is 36.9 Å². The summed E-state index contributed by atoms with van der Waals surface area (Å²) in [7, 11) is 1.58. The summed E-state index contributed by atoms with van der Waals surface area (Å²) in [4.78, 5) is 13.5. The van der Waals surface area contributed by atoms with E-state index >= 15 is 0 Å². The summed E-state index contributed by atoms with van der Waals surface area (Å²) in [6, 6.07) is 9.33. The van der Waals surface area contributed by atoms with Crippen molar-refractivity contribution in [1.82, 2.24) is 4.90 Å². The third-order valence-corrected chi connectivity index (χ3v) is 3.38. The van der Waals surface area contributed by atoms with E-state index in [9.17, 15) is 22.4 Å². The van der Waals surface area contributed by atoms with E-state index in [1.54, 1.807) is 37.4 Å². The van der Waals surface area contributed by atoms with Crippen LogP contribution < -0.4 is 5.32 Å². The summed E-state index contributed by atoms with van der Waals surface area (Å²) < 4.78 is 59.6. The number of carbonyl (C=O) groups excluding carboxylic acids is 1. The van der Waals surface area contributed by atoms with Crippen molar-refractivity contribution in [3.63, 3.8) is 0 Å². The molecule has 0 fully saturated rings. The number of anilines is 1. The third-order valence-electron chi connectivity index (χ3n) is 3.38. The van der Waals surface area contributed by atoms with E-state index < -0.39 is 25.0 Å². The number of furan rings is 1. The zero-order valence-corrected chi connectivity index (χ0v) is 13.9. The average molecular weight is 374 g/mol. The van der Waals surface area contributed by atoms with Gasteiger partial charge in [0, 0.05) is 12.7 Å². The maximum atomic E-state index is 12.8. The summed E-state index contributed by atoms with van der Waals surface area (Å²) >= 11 is 0. The Morgan fingerprint density at radius 1 is 1.31 bits per heavy atom. The molecule has 0 saturated carbocycles. The monoisotopic (exact) mass is 374 g/mol. The highest BCUT2D eigenvalue weighted by Crippen LogP contribution is 2.23. The Morgan fingerprint density at radius 2 is 2.08 bits per heavy atom. The number of nitrogens with one attached hydrogen (secondary N) is 1. The molecule has 0 saturated heterocycles. The molecule has 5 nitrogen and oxygen atoms in total. The number of hydrogen-bond acceptors (Lipinski definition) is 3. The van der Waals surface area contributed by atoms with Gasteiger partial charge in [-0.05, 0) is 29.8 Å². The Bertz CT molecular complexity index is 708. The van der Waals surface area contributed by atoms with Gasteiger partial charge in [0.15, 0.2) is 0 Å². The molecule has 9 heteroatoms. The molecular formula is C17H18F4N2O3. The van der Waals surface area contributed by atoms with Crippen molar-refractivity contribution >= 4 is 11.7 Å². The lowest BCUT2D eigenvalue weighted by Crippen LogP contribution is -2.32. The molecule has 0 aliphatic rings. The number of nitrogens with zero attached hydrogens (tertiary/aromatic N) is 1. The standard InChI is InChI=1S/C17H18F4N2O3/c1-23(9-14-6-3-7-26-14)16(24)22-13-5-2-4-12(8-13)10-25-11-17(20,21)15(18)19/h2-8,15H,9-11H2,1H3,(H,22,24). The van der Waals surface area contributed by atoms with Crippen LogP contribution in [-0.2, 0) is 17.9 Å². The van der Waals surface area contributed by atoms with Crippen LogP contribution in [0.2, 0.25) is 0 Å². The van der Waals surface area contributed by atoms with Gasteiger partial charge in [0.2, 0.25) is 0 Å². The quantitative estimate of drug-likeness (QED) is 0.699. The first-order valence-electron chi connectivity index (χ1n) is 7.65. The van der Waals surface area contributed by atoms with Crippen molar-refractivity contribution in [2.75, 3.05) is 19.0 Å². The highest BCUT2D eigenvalue weighted by molar-refractivity contribution is 5.89. The molecule has 0 aliphatic heterocycles. The van der Waals surface area contributed by atoms with E-state index in [1.807, 2.05) is 0 Å². The number of urea groups is 1. The Kier molecular flexibility index (Phi) is 6.62. The molecule has 0 radical (unpaired) electrons. The van der Waals surface area contributed by atoms with Gasteiger partial charge in [-0.2, -0.15) is 8.78 Å². The normalized spacial score (nSPS) is 11.6. The highest BCUT2D eigenvalue weighted by Gasteiger charge is 2.40. The van der Waals surface area contributed by atoms with Crippen LogP contribution in [0.25, 0.3) is 0 Å². The first-order chi connectivity index (χ1) is 12.3. The molecule has 2 rings (SSSR count). The summed E-state index contributed by atoms with van der Waals surface area (Å²) in [6.07, 6.45) is -2.28. The van der Waals surface area contributed by atoms with Crippen molar-refractivity contribution < 1.29 is 31.5 Å². The fraction of sp³-hybridized carbons (Fsp3) is 0.353. The second-order valence-electron chi connectivity index (χ2n) is 5.62. The van der Waals surface area contributed by atoms with Gasteiger partial charge in [-0.1, -0.05) is 12.1 Å². The van der Waals surface area contributed by atoms with Gasteiger partial charge in [0.25, 0.3) is 0 Å². The van der Waals surface area contributed by atoms with E-state index in [2.05, 4.69) is 10.1 Å². The predicted octanol–water partition coefficient (Wildman–Crippen LogP) is 4.36. The lowest BCUT2D eigenvalue weighted by Gasteiger charge is -2.17. The molecule has 1 heterocycles. The molecule has 1 aromatic heterocycles. The molecule has 26 heavy (non-hydrogen) atoms. The molecule has 1 N–H and O–H groups in total. The minimum Gasteiger partial charge on any atom is -0.467 e. The second kappa shape index (κ2) is 8.70. The van der Waals surface area contributed by atoms with Gasteiger partial charge in [-0.3, -0.25) is 0 Å². The second-order valence-corrected chi connectivity index (χ2v) is 5.62. The largest absolute Gasteiger partial charge is 0.467 e. The summed E-state index contributed by atoms with van der Waals surface area (Å²) in [6.45, 7) is -1.40. The summed E-state index contributed by atoms with van der Waals surface area (Å²) in [5.74, 6) is -3.58. The molecule has 2 amide bonds.